The monoisotopic (exact) mass is 327 g/mol. The van der Waals surface area contributed by atoms with E-state index in [2.05, 4.69) is 9.97 Å². The van der Waals surface area contributed by atoms with Crippen LogP contribution in [-0.4, -0.2) is 14.5 Å². The summed E-state index contributed by atoms with van der Waals surface area (Å²) in [6.07, 6.45) is 1.69. The molecule has 0 aliphatic carbocycles. The maximum atomic E-state index is 6.09. The van der Waals surface area contributed by atoms with Crippen LogP contribution in [-0.2, 0) is 0 Å². The maximum absolute atomic E-state index is 6.09. The van der Waals surface area contributed by atoms with Crippen molar-refractivity contribution in [3.63, 3.8) is 0 Å². The van der Waals surface area contributed by atoms with Crippen molar-refractivity contribution in [2.24, 2.45) is 0 Å². The molecule has 1 aromatic carbocycles. The van der Waals surface area contributed by atoms with Gasteiger partial charge in [-0.2, -0.15) is 0 Å². The molecule has 3 aromatic rings. The molecule has 0 amide bonds. The maximum Gasteiger partial charge on any atom is 0.217 e. The second kappa shape index (κ2) is 4.91. The predicted molar refractivity (Wildman–Crippen MR) is 82.2 cm³/mol. The van der Waals surface area contributed by atoms with E-state index in [-0.39, 0.29) is 6.04 Å². The molecule has 0 saturated heterocycles. The van der Waals surface area contributed by atoms with Crippen molar-refractivity contribution in [1.29, 1.82) is 0 Å². The van der Waals surface area contributed by atoms with Crippen molar-refractivity contribution in [2.75, 3.05) is 0 Å². The number of rotatable bonds is 2. The van der Waals surface area contributed by atoms with Gasteiger partial charge in [0.15, 0.2) is 4.77 Å². The van der Waals surface area contributed by atoms with Crippen molar-refractivity contribution >= 4 is 46.5 Å². The van der Waals surface area contributed by atoms with Crippen LogP contribution in [0.4, 0.5) is 0 Å². The summed E-state index contributed by atoms with van der Waals surface area (Å²) in [5.41, 5.74) is 1.70. The molecule has 104 valence electrons. The van der Waals surface area contributed by atoms with Crippen LogP contribution >= 0.6 is 35.4 Å². The Bertz CT molecular complexity index is 849. The summed E-state index contributed by atoms with van der Waals surface area (Å²) in [6.45, 7) is 3.82. The summed E-state index contributed by atoms with van der Waals surface area (Å²) < 4.78 is 8.06. The van der Waals surface area contributed by atoms with Gasteiger partial charge in [0.05, 0.1) is 27.3 Å². The number of fused-ring (bicyclic) bond motifs is 1. The highest BCUT2D eigenvalue weighted by molar-refractivity contribution is 7.71. The average Bonchev–Trinajstić information content (AvgIpc) is 2.93. The van der Waals surface area contributed by atoms with Gasteiger partial charge >= 0.3 is 0 Å². The minimum Gasteiger partial charge on any atom is -0.444 e. The first-order valence-corrected chi connectivity index (χ1v) is 7.15. The van der Waals surface area contributed by atoms with Crippen LogP contribution in [0, 0.1) is 11.7 Å². The summed E-state index contributed by atoms with van der Waals surface area (Å²) in [7, 11) is 0. The average molecular weight is 328 g/mol. The highest BCUT2D eigenvalue weighted by Gasteiger charge is 2.18. The molecule has 4 nitrogen and oxygen atoms in total. The number of halogens is 2. The molecular formula is C13H11Cl2N3OS. The molecule has 1 atom stereocenters. The fourth-order valence-corrected chi connectivity index (χ4v) is 2.87. The SMILES string of the molecule is Cc1cnc(C(C)n2c(=S)[nH]c3cc(Cl)c(Cl)cc32)o1. The molecule has 3 rings (SSSR count). The topological polar surface area (TPSA) is 46.8 Å². The van der Waals surface area contributed by atoms with Gasteiger partial charge < -0.3 is 14.0 Å². The van der Waals surface area contributed by atoms with Crippen LogP contribution in [0.1, 0.15) is 24.6 Å². The van der Waals surface area contributed by atoms with Crippen LogP contribution in [0.25, 0.3) is 11.0 Å². The Morgan fingerprint density at radius 3 is 2.70 bits per heavy atom. The van der Waals surface area contributed by atoms with Crippen molar-refractivity contribution in [1.82, 2.24) is 14.5 Å². The third kappa shape index (κ3) is 2.16. The lowest BCUT2D eigenvalue weighted by Crippen LogP contribution is -2.07. The number of nitrogens with zero attached hydrogens (tertiary/aromatic N) is 2. The predicted octanol–water partition coefficient (Wildman–Crippen LogP) is 4.91. The molecular weight excluding hydrogens is 317 g/mol. The number of aryl methyl sites for hydroxylation is 1. The quantitative estimate of drug-likeness (QED) is 0.680. The first-order chi connectivity index (χ1) is 9.47. The number of benzene rings is 1. The highest BCUT2D eigenvalue weighted by atomic mass is 35.5. The lowest BCUT2D eigenvalue weighted by Gasteiger charge is -2.11. The van der Waals surface area contributed by atoms with Gasteiger partial charge in [0.25, 0.3) is 0 Å². The zero-order valence-corrected chi connectivity index (χ0v) is 13.1. The van der Waals surface area contributed by atoms with Gasteiger partial charge in [0.2, 0.25) is 5.89 Å². The van der Waals surface area contributed by atoms with Gasteiger partial charge in [-0.1, -0.05) is 23.2 Å². The molecule has 2 heterocycles. The Labute approximate surface area is 130 Å². The fourth-order valence-electron chi connectivity index (χ4n) is 2.18. The third-order valence-corrected chi connectivity index (χ3v) is 4.16. The molecule has 0 aliphatic heterocycles. The largest absolute Gasteiger partial charge is 0.444 e. The Hall–Kier alpha value is -1.30. The smallest absolute Gasteiger partial charge is 0.217 e. The normalized spacial score (nSPS) is 13.0. The second-order valence-electron chi connectivity index (χ2n) is 4.57. The fraction of sp³-hybridized carbons (Fsp3) is 0.231. The number of H-pyrrole nitrogens is 1. The lowest BCUT2D eigenvalue weighted by molar-refractivity contribution is 0.417. The van der Waals surface area contributed by atoms with E-state index in [1.807, 2.05) is 18.4 Å². The van der Waals surface area contributed by atoms with E-state index < -0.39 is 0 Å². The Kier molecular flexibility index (Phi) is 3.36. The minimum atomic E-state index is -0.137. The number of imidazole rings is 1. The summed E-state index contributed by atoms with van der Waals surface area (Å²) in [4.78, 5) is 7.37. The molecule has 0 spiro atoms. The number of nitrogens with one attached hydrogen (secondary N) is 1. The minimum absolute atomic E-state index is 0.137. The van der Waals surface area contributed by atoms with E-state index >= 15 is 0 Å². The van der Waals surface area contributed by atoms with Gasteiger partial charge in [-0.25, -0.2) is 4.98 Å². The van der Waals surface area contributed by atoms with E-state index in [1.54, 1.807) is 18.3 Å². The molecule has 1 unspecified atom stereocenters. The molecule has 2 aromatic heterocycles. The zero-order chi connectivity index (χ0) is 14.4. The van der Waals surface area contributed by atoms with Gasteiger partial charge in [0.1, 0.15) is 11.8 Å². The van der Waals surface area contributed by atoms with Crippen molar-refractivity contribution in [3.05, 3.63) is 44.8 Å². The number of hydrogen-bond acceptors (Lipinski definition) is 3. The van der Waals surface area contributed by atoms with E-state index in [9.17, 15) is 0 Å². The van der Waals surface area contributed by atoms with Gasteiger partial charge in [0, 0.05) is 0 Å². The molecule has 1 N–H and O–H groups in total. The Balaban J connectivity index is 2.23. The van der Waals surface area contributed by atoms with Crippen LogP contribution in [0.2, 0.25) is 10.0 Å². The molecule has 20 heavy (non-hydrogen) atoms. The van der Waals surface area contributed by atoms with E-state index in [1.165, 1.54) is 0 Å². The summed E-state index contributed by atoms with van der Waals surface area (Å²) in [6, 6.07) is 3.42. The van der Waals surface area contributed by atoms with E-state index in [0.717, 1.165) is 16.8 Å². The highest BCUT2D eigenvalue weighted by Crippen LogP contribution is 2.30. The second-order valence-corrected chi connectivity index (χ2v) is 5.77. The first kappa shape index (κ1) is 13.7. The standard InChI is InChI=1S/C13H11Cl2N3OS/c1-6-5-16-12(19-6)7(2)18-11-4-9(15)8(14)3-10(11)17-13(18)20/h3-5,7H,1-2H3,(H,17,20). The van der Waals surface area contributed by atoms with E-state index in [4.69, 9.17) is 39.8 Å². The van der Waals surface area contributed by atoms with Gasteiger partial charge in [-0.05, 0) is 38.2 Å². The van der Waals surface area contributed by atoms with E-state index in [0.29, 0.717) is 20.7 Å². The number of aromatic nitrogens is 3. The molecule has 0 bridgehead atoms. The number of aromatic amines is 1. The summed E-state index contributed by atoms with van der Waals surface area (Å²) in [5, 5.41) is 0.972. The Morgan fingerprint density at radius 2 is 2.05 bits per heavy atom. The summed E-state index contributed by atoms with van der Waals surface area (Å²) in [5.74, 6) is 1.37. The van der Waals surface area contributed by atoms with Crippen LogP contribution in [0.5, 0.6) is 0 Å². The molecule has 0 aliphatic rings. The first-order valence-electron chi connectivity index (χ1n) is 5.99. The number of oxazole rings is 1. The van der Waals surface area contributed by atoms with Gasteiger partial charge in [-0.15, -0.1) is 0 Å². The molecule has 7 heteroatoms. The van der Waals surface area contributed by atoms with Crippen LogP contribution in [0.3, 0.4) is 0 Å². The number of hydrogen-bond donors (Lipinski definition) is 1. The molecule has 0 saturated carbocycles. The zero-order valence-electron chi connectivity index (χ0n) is 10.8. The van der Waals surface area contributed by atoms with Crippen molar-refractivity contribution in [2.45, 2.75) is 19.9 Å². The molecule has 0 fully saturated rings. The van der Waals surface area contributed by atoms with Crippen molar-refractivity contribution < 1.29 is 4.42 Å². The Morgan fingerprint density at radius 1 is 1.35 bits per heavy atom. The third-order valence-electron chi connectivity index (χ3n) is 3.14. The van der Waals surface area contributed by atoms with Crippen molar-refractivity contribution in [3.8, 4) is 0 Å². The lowest BCUT2D eigenvalue weighted by atomic mass is 10.2. The van der Waals surface area contributed by atoms with Gasteiger partial charge in [-0.3, -0.25) is 0 Å². The van der Waals surface area contributed by atoms with Crippen LogP contribution in [0.15, 0.2) is 22.7 Å². The van der Waals surface area contributed by atoms with Crippen LogP contribution < -0.4 is 0 Å². The molecule has 0 radical (unpaired) electrons. The summed E-state index contributed by atoms with van der Waals surface area (Å²) >= 11 is 17.5.